The fourth-order valence-corrected chi connectivity index (χ4v) is 3.09. The van der Waals surface area contributed by atoms with E-state index in [9.17, 15) is 23.5 Å². The van der Waals surface area contributed by atoms with Gasteiger partial charge in [-0.05, 0) is 25.7 Å². The molecule has 1 aliphatic rings. The van der Waals surface area contributed by atoms with Gasteiger partial charge in [-0.25, -0.2) is 8.78 Å². The van der Waals surface area contributed by atoms with Gasteiger partial charge in [0.2, 0.25) is 5.91 Å². The Morgan fingerprint density at radius 1 is 1.31 bits per heavy atom. The number of unbranched alkanes of at least 4 members (excludes halogenated alkanes) is 4. The molecule has 150 valence electrons. The smallest absolute Gasteiger partial charge is 0.303 e. The van der Waals surface area contributed by atoms with Crippen molar-refractivity contribution >= 4 is 11.9 Å². The number of hydrogen-bond acceptors (Lipinski definition) is 3. The Hall–Kier alpha value is -1.50. The summed E-state index contributed by atoms with van der Waals surface area (Å²) in [6.07, 6.45) is 5.56. The Morgan fingerprint density at radius 3 is 2.65 bits per heavy atom. The number of carbonyl (C=O) groups is 2. The highest BCUT2D eigenvalue weighted by molar-refractivity contribution is 5.79. The number of aliphatic carboxylic acids is 1. The maximum Gasteiger partial charge on any atom is 0.303 e. The van der Waals surface area contributed by atoms with Crippen molar-refractivity contribution in [2.75, 3.05) is 6.54 Å². The van der Waals surface area contributed by atoms with Crippen LogP contribution in [0.5, 0.6) is 0 Å². The van der Waals surface area contributed by atoms with Gasteiger partial charge >= 0.3 is 5.97 Å². The first-order chi connectivity index (χ1) is 12.3. The van der Waals surface area contributed by atoms with E-state index in [1.165, 1.54) is 6.08 Å². The molecule has 0 bridgehead atoms. The second-order valence-corrected chi connectivity index (χ2v) is 6.95. The minimum absolute atomic E-state index is 0.00239. The molecular weight excluding hydrogens is 344 g/mol. The number of aliphatic hydroxyl groups is 1. The van der Waals surface area contributed by atoms with Crippen LogP contribution >= 0.6 is 0 Å². The molecule has 1 saturated heterocycles. The molecule has 1 amide bonds. The molecule has 0 saturated carbocycles. The number of rotatable bonds is 13. The Bertz CT molecular complexity index is 482. The molecule has 0 aromatic carbocycles. The molecule has 0 spiro atoms. The Labute approximate surface area is 154 Å². The van der Waals surface area contributed by atoms with Crippen molar-refractivity contribution in [2.24, 2.45) is 0 Å². The lowest BCUT2D eigenvalue weighted by Crippen LogP contribution is -2.34. The van der Waals surface area contributed by atoms with E-state index in [2.05, 4.69) is 0 Å². The van der Waals surface area contributed by atoms with Gasteiger partial charge in [0, 0.05) is 25.8 Å². The molecule has 2 N–H and O–H groups in total. The zero-order valence-corrected chi connectivity index (χ0v) is 15.5. The van der Waals surface area contributed by atoms with E-state index in [0.29, 0.717) is 38.6 Å². The van der Waals surface area contributed by atoms with Crippen LogP contribution in [0.15, 0.2) is 12.2 Å². The number of likely N-dealkylation sites (tertiary alicyclic amines) is 1. The largest absolute Gasteiger partial charge is 0.481 e. The molecule has 1 heterocycles. The monoisotopic (exact) mass is 375 g/mol. The van der Waals surface area contributed by atoms with E-state index in [1.807, 2.05) is 6.92 Å². The molecule has 0 aliphatic carbocycles. The van der Waals surface area contributed by atoms with Crippen molar-refractivity contribution in [3.05, 3.63) is 12.2 Å². The molecule has 26 heavy (non-hydrogen) atoms. The number of alkyl halides is 2. The molecular formula is C19H31F2NO4. The van der Waals surface area contributed by atoms with Gasteiger partial charge in [-0.15, -0.1) is 0 Å². The van der Waals surface area contributed by atoms with Gasteiger partial charge in [-0.1, -0.05) is 38.3 Å². The molecule has 1 rings (SSSR count). The molecule has 7 heteroatoms. The summed E-state index contributed by atoms with van der Waals surface area (Å²) in [4.78, 5) is 24.1. The predicted molar refractivity (Wildman–Crippen MR) is 95.1 cm³/mol. The van der Waals surface area contributed by atoms with Gasteiger partial charge in [0.15, 0.2) is 0 Å². The van der Waals surface area contributed by atoms with Crippen molar-refractivity contribution in [1.29, 1.82) is 0 Å². The van der Waals surface area contributed by atoms with Crippen molar-refractivity contribution < 1.29 is 28.6 Å². The molecule has 1 fully saturated rings. The molecule has 0 aromatic rings. The normalized spacial score (nSPS) is 19.5. The summed E-state index contributed by atoms with van der Waals surface area (Å²) in [5.74, 6) is -3.96. The summed E-state index contributed by atoms with van der Waals surface area (Å²) in [5, 5.41) is 18.3. The maximum absolute atomic E-state index is 13.8. The van der Waals surface area contributed by atoms with Crippen molar-refractivity contribution in [3.63, 3.8) is 0 Å². The molecule has 2 unspecified atom stereocenters. The van der Waals surface area contributed by atoms with Crippen LogP contribution in [0.3, 0.4) is 0 Å². The highest BCUT2D eigenvalue weighted by atomic mass is 19.3. The van der Waals surface area contributed by atoms with Crippen LogP contribution in [0.2, 0.25) is 0 Å². The van der Waals surface area contributed by atoms with Crippen LogP contribution in [0.25, 0.3) is 0 Å². The minimum Gasteiger partial charge on any atom is -0.481 e. The third-order valence-corrected chi connectivity index (χ3v) is 4.73. The summed E-state index contributed by atoms with van der Waals surface area (Å²) in [6, 6.07) is -0.252. The van der Waals surface area contributed by atoms with Crippen LogP contribution in [0.4, 0.5) is 8.78 Å². The number of aliphatic hydroxyl groups excluding tert-OH is 1. The number of carbonyl (C=O) groups excluding carboxylic acids is 1. The van der Waals surface area contributed by atoms with Crippen LogP contribution < -0.4 is 0 Å². The minimum atomic E-state index is -3.15. The van der Waals surface area contributed by atoms with Gasteiger partial charge in [-0.2, -0.15) is 0 Å². The number of halogens is 2. The van der Waals surface area contributed by atoms with Gasteiger partial charge in [0.05, 0.1) is 6.04 Å². The molecule has 0 radical (unpaired) electrons. The fraction of sp³-hybridized carbons (Fsp3) is 0.789. The van der Waals surface area contributed by atoms with Gasteiger partial charge in [-0.3, -0.25) is 9.59 Å². The van der Waals surface area contributed by atoms with E-state index in [4.69, 9.17) is 5.11 Å². The summed E-state index contributed by atoms with van der Waals surface area (Å²) in [5.41, 5.74) is 0. The van der Waals surface area contributed by atoms with E-state index in [0.717, 1.165) is 25.3 Å². The maximum atomic E-state index is 13.8. The summed E-state index contributed by atoms with van der Waals surface area (Å²) in [7, 11) is 0. The second-order valence-electron chi connectivity index (χ2n) is 6.95. The lowest BCUT2D eigenvalue weighted by molar-refractivity contribution is -0.137. The average Bonchev–Trinajstić information content (AvgIpc) is 2.93. The summed E-state index contributed by atoms with van der Waals surface area (Å²) in [6.45, 7) is 2.35. The van der Waals surface area contributed by atoms with Crippen LogP contribution in [0.1, 0.15) is 71.1 Å². The predicted octanol–water partition coefficient (Wildman–Crippen LogP) is 3.76. The highest BCUT2D eigenvalue weighted by Gasteiger charge is 2.36. The van der Waals surface area contributed by atoms with E-state index in [-0.39, 0.29) is 24.8 Å². The third kappa shape index (κ3) is 7.81. The number of amides is 1. The Kier molecular flexibility index (Phi) is 9.76. The topological polar surface area (TPSA) is 77.8 Å². The molecule has 5 nitrogen and oxygen atoms in total. The Balaban J connectivity index is 2.44. The van der Waals surface area contributed by atoms with Gasteiger partial charge < -0.3 is 15.1 Å². The van der Waals surface area contributed by atoms with E-state index < -0.39 is 18.0 Å². The first kappa shape index (κ1) is 22.5. The summed E-state index contributed by atoms with van der Waals surface area (Å²) >= 11 is 0. The van der Waals surface area contributed by atoms with Crippen LogP contribution in [-0.4, -0.2) is 51.6 Å². The highest BCUT2D eigenvalue weighted by Crippen LogP contribution is 2.27. The van der Waals surface area contributed by atoms with Crippen LogP contribution in [0, 0.1) is 0 Å². The van der Waals surface area contributed by atoms with Crippen molar-refractivity contribution in [3.8, 4) is 0 Å². The lowest BCUT2D eigenvalue weighted by atomic mass is 10.0. The van der Waals surface area contributed by atoms with Gasteiger partial charge in [0.1, 0.15) is 6.10 Å². The average molecular weight is 375 g/mol. The first-order valence-corrected chi connectivity index (χ1v) is 9.53. The van der Waals surface area contributed by atoms with Crippen LogP contribution in [-0.2, 0) is 9.59 Å². The summed E-state index contributed by atoms with van der Waals surface area (Å²) < 4.78 is 27.6. The van der Waals surface area contributed by atoms with E-state index in [1.54, 1.807) is 4.90 Å². The van der Waals surface area contributed by atoms with Gasteiger partial charge in [0.25, 0.3) is 5.92 Å². The number of carboxylic acid groups (broad SMARTS) is 1. The third-order valence-electron chi connectivity index (χ3n) is 4.73. The quantitative estimate of drug-likeness (QED) is 0.380. The fourth-order valence-electron chi connectivity index (χ4n) is 3.09. The molecule has 2 atom stereocenters. The zero-order valence-electron chi connectivity index (χ0n) is 15.5. The zero-order chi connectivity index (χ0) is 19.6. The van der Waals surface area contributed by atoms with Crippen molar-refractivity contribution in [1.82, 2.24) is 4.90 Å². The SMILES string of the molecule is CCCCC(F)(F)C(O)/C=C/C1CCC(=O)N1CCCCCCC(=O)O. The van der Waals surface area contributed by atoms with E-state index >= 15 is 0 Å². The standard InChI is InChI=1S/C19H31F2NO4/c1-2-3-13-19(20,21)16(23)11-9-15-10-12-17(24)22(15)14-7-5-4-6-8-18(25)26/h9,11,15-16,23H,2-8,10,12-14H2,1H3,(H,25,26)/b11-9+. The van der Waals surface area contributed by atoms with Crippen molar-refractivity contribution in [2.45, 2.75) is 89.2 Å². The lowest BCUT2D eigenvalue weighted by Gasteiger charge is -2.24. The first-order valence-electron chi connectivity index (χ1n) is 9.53. The molecule has 1 aliphatic heterocycles. The molecule has 0 aromatic heterocycles. The Morgan fingerprint density at radius 2 is 2.00 bits per heavy atom. The number of nitrogens with zero attached hydrogens (tertiary/aromatic N) is 1. The second kappa shape index (κ2) is 11.3. The number of carboxylic acids is 1. The number of hydrogen-bond donors (Lipinski definition) is 2.